The average Bonchev–Trinajstić information content (AvgIpc) is 2.44. The second kappa shape index (κ2) is 7.93. The van der Waals surface area contributed by atoms with Gasteiger partial charge < -0.3 is 9.84 Å². The van der Waals surface area contributed by atoms with Gasteiger partial charge in [-0.1, -0.05) is 26.0 Å². The van der Waals surface area contributed by atoms with Crippen molar-refractivity contribution in [2.24, 2.45) is 5.92 Å². The predicted octanol–water partition coefficient (Wildman–Crippen LogP) is 2.22. The molecule has 0 aromatic heterocycles. The summed E-state index contributed by atoms with van der Waals surface area (Å²) in [6, 6.07) is 6.12. The van der Waals surface area contributed by atoms with E-state index < -0.39 is 28.0 Å². The minimum Gasteiger partial charge on any atom is -0.478 e. The molecule has 0 aliphatic carbocycles. The fourth-order valence-corrected chi connectivity index (χ4v) is 2.56. The SMILES string of the molecule is CC(C)COC(=O)C(C)S(=O)Cc1ccc(C(=O)O)cc1. The maximum atomic E-state index is 12.1. The zero-order chi connectivity index (χ0) is 16.0. The number of carboxylic acids is 1. The molecule has 6 heteroatoms. The molecule has 21 heavy (non-hydrogen) atoms. The van der Waals surface area contributed by atoms with E-state index in [1.165, 1.54) is 12.1 Å². The van der Waals surface area contributed by atoms with Crippen LogP contribution in [0.3, 0.4) is 0 Å². The van der Waals surface area contributed by atoms with Crippen LogP contribution in [0, 0.1) is 5.92 Å². The van der Waals surface area contributed by atoms with Crippen LogP contribution in [-0.4, -0.2) is 33.1 Å². The van der Waals surface area contributed by atoms with E-state index in [0.29, 0.717) is 6.61 Å². The van der Waals surface area contributed by atoms with Crippen LogP contribution in [0.1, 0.15) is 36.7 Å². The lowest BCUT2D eigenvalue weighted by atomic mass is 10.1. The number of esters is 1. The molecule has 1 aromatic rings. The van der Waals surface area contributed by atoms with E-state index in [9.17, 15) is 13.8 Å². The summed E-state index contributed by atoms with van der Waals surface area (Å²) in [7, 11) is -1.40. The lowest BCUT2D eigenvalue weighted by Gasteiger charge is -2.13. The van der Waals surface area contributed by atoms with Gasteiger partial charge in [-0.15, -0.1) is 0 Å². The van der Waals surface area contributed by atoms with Crippen LogP contribution in [0.15, 0.2) is 24.3 Å². The van der Waals surface area contributed by atoms with Crippen molar-refractivity contribution < 1.29 is 23.6 Å². The predicted molar refractivity (Wildman–Crippen MR) is 80.5 cm³/mol. The molecule has 0 spiro atoms. The third-order valence-electron chi connectivity index (χ3n) is 2.80. The molecule has 5 nitrogen and oxygen atoms in total. The van der Waals surface area contributed by atoms with Crippen molar-refractivity contribution in [2.75, 3.05) is 6.61 Å². The van der Waals surface area contributed by atoms with Crippen molar-refractivity contribution in [3.63, 3.8) is 0 Å². The average molecular weight is 312 g/mol. The number of rotatable bonds is 7. The smallest absolute Gasteiger partial charge is 0.335 e. The molecule has 2 unspecified atom stereocenters. The summed E-state index contributed by atoms with van der Waals surface area (Å²) >= 11 is 0. The minimum absolute atomic E-state index is 0.175. The van der Waals surface area contributed by atoms with Gasteiger partial charge in [0.1, 0.15) is 5.25 Å². The van der Waals surface area contributed by atoms with Crippen LogP contribution >= 0.6 is 0 Å². The Bertz CT molecular complexity index is 521. The molecular formula is C15H20O5S. The molecule has 0 heterocycles. The van der Waals surface area contributed by atoms with E-state index in [-0.39, 0.29) is 17.2 Å². The summed E-state index contributed by atoms with van der Waals surface area (Å²) in [4.78, 5) is 22.5. The highest BCUT2D eigenvalue weighted by Gasteiger charge is 2.22. The van der Waals surface area contributed by atoms with Gasteiger partial charge in [-0.2, -0.15) is 0 Å². The first-order valence-electron chi connectivity index (χ1n) is 6.67. The molecule has 0 radical (unpaired) electrons. The van der Waals surface area contributed by atoms with Crippen LogP contribution in [0.5, 0.6) is 0 Å². The van der Waals surface area contributed by atoms with E-state index in [4.69, 9.17) is 9.84 Å². The summed E-state index contributed by atoms with van der Waals surface area (Å²) in [6.07, 6.45) is 0. The van der Waals surface area contributed by atoms with Gasteiger partial charge in [0.15, 0.2) is 0 Å². The Labute approximate surface area is 126 Å². The van der Waals surface area contributed by atoms with E-state index in [1.54, 1.807) is 19.1 Å². The topological polar surface area (TPSA) is 80.7 Å². The zero-order valence-electron chi connectivity index (χ0n) is 12.4. The largest absolute Gasteiger partial charge is 0.478 e. The Morgan fingerprint density at radius 2 is 1.76 bits per heavy atom. The molecule has 0 fully saturated rings. The van der Waals surface area contributed by atoms with Crippen molar-refractivity contribution >= 4 is 22.7 Å². The molecule has 1 rings (SSSR count). The highest BCUT2D eigenvalue weighted by Crippen LogP contribution is 2.11. The van der Waals surface area contributed by atoms with E-state index >= 15 is 0 Å². The number of aromatic carboxylic acids is 1. The molecule has 0 bridgehead atoms. The third-order valence-corrected chi connectivity index (χ3v) is 4.39. The maximum absolute atomic E-state index is 12.1. The summed E-state index contributed by atoms with van der Waals surface area (Å²) in [6.45, 7) is 5.75. The number of hydrogen-bond acceptors (Lipinski definition) is 4. The lowest BCUT2D eigenvalue weighted by Crippen LogP contribution is -2.27. The normalized spacial score (nSPS) is 13.7. The van der Waals surface area contributed by atoms with Gasteiger partial charge in [-0.05, 0) is 30.5 Å². The van der Waals surface area contributed by atoms with Gasteiger partial charge in [-0.25, -0.2) is 4.79 Å². The molecule has 0 saturated carbocycles. The summed E-state index contributed by atoms with van der Waals surface area (Å²) in [5.41, 5.74) is 0.899. The van der Waals surface area contributed by atoms with Crippen molar-refractivity contribution in [3.8, 4) is 0 Å². The number of hydrogen-bond donors (Lipinski definition) is 1. The molecule has 116 valence electrons. The maximum Gasteiger partial charge on any atom is 0.335 e. The zero-order valence-corrected chi connectivity index (χ0v) is 13.2. The van der Waals surface area contributed by atoms with Gasteiger partial charge >= 0.3 is 11.9 Å². The van der Waals surface area contributed by atoms with Crippen molar-refractivity contribution in [1.82, 2.24) is 0 Å². The molecule has 1 N–H and O–H groups in total. The highest BCUT2D eigenvalue weighted by atomic mass is 32.2. The first-order valence-corrected chi connectivity index (χ1v) is 8.05. The van der Waals surface area contributed by atoms with Crippen molar-refractivity contribution in [1.29, 1.82) is 0 Å². The Balaban J connectivity index is 2.59. The van der Waals surface area contributed by atoms with E-state index in [1.807, 2.05) is 13.8 Å². The fraction of sp³-hybridized carbons (Fsp3) is 0.467. The van der Waals surface area contributed by atoms with Gasteiger partial charge in [0, 0.05) is 16.6 Å². The van der Waals surface area contributed by atoms with Crippen LogP contribution < -0.4 is 0 Å². The Morgan fingerprint density at radius 3 is 2.24 bits per heavy atom. The quantitative estimate of drug-likeness (QED) is 0.781. The van der Waals surface area contributed by atoms with Crippen LogP contribution in [0.25, 0.3) is 0 Å². The molecule has 0 aliphatic rings. The second-order valence-electron chi connectivity index (χ2n) is 5.19. The molecule has 0 aliphatic heterocycles. The summed E-state index contributed by atoms with van der Waals surface area (Å²) in [5, 5.41) is 8.10. The van der Waals surface area contributed by atoms with E-state index in [2.05, 4.69) is 0 Å². The van der Waals surface area contributed by atoms with Crippen LogP contribution in [-0.2, 0) is 26.1 Å². The van der Waals surface area contributed by atoms with E-state index in [0.717, 1.165) is 5.56 Å². The molecule has 1 aromatic carbocycles. The van der Waals surface area contributed by atoms with Gasteiger partial charge in [0.25, 0.3) is 0 Å². The first kappa shape index (κ1) is 17.4. The number of carbonyl (C=O) groups excluding carboxylic acids is 1. The van der Waals surface area contributed by atoms with Gasteiger partial charge in [-0.3, -0.25) is 9.00 Å². The Kier molecular flexibility index (Phi) is 6.55. The lowest BCUT2D eigenvalue weighted by molar-refractivity contribution is -0.143. The fourth-order valence-electron chi connectivity index (χ4n) is 1.51. The van der Waals surface area contributed by atoms with Crippen LogP contribution in [0.2, 0.25) is 0 Å². The third kappa shape index (κ3) is 5.67. The highest BCUT2D eigenvalue weighted by molar-refractivity contribution is 7.85. The molecule has 0 saturated heterocycles. The summed E-state index contributed by atoms with van der Waals surface area (Å²) in [5.74, 6) is -1.05. The van der Waals surface area contributed by atoms with Gasteiger partial charge in [0.2, 0.25) is 0 Å². The standard InChI is InChI=1S/C15H20O5S/c1-10(2)8-20-15(18)11(3)21(19)9-12-4-6-13(7-5-12)14(16)17/h4-7,10-11H,8-9H2,1-3H3,(H,16,17). The Morgan fingerprint density at radius 1 is 1.19 bits per heavy atom. The second-order valence-corrected chi connectivity index (χ2v) is 6.95. The number of benzene rings is 1. The van der Waals surface area contributed by atoms with Gasteiger partial charge in [0.05, 0.1) is 12.2 Å². The van der Waals surface area contributed by atoms with Crippen molar-refractivity contribution in [3.05, 3.63) is 35.4 Å². The monoisotopic (exact) mass is 312 g/mol. The van der Waals surface area contributed by atoms with Crippen molar-refractivity contribution in [2.45, 2.75) is 31.8 Å². The Hall–Kier alpha value is -1.69. The first-order chi connectivity index (χ1) is 9.81. The number of carboxylic acid groups (broad SMARTS) is 1. The minimum atomic E-state index is -1.40. The van der Waals surface area contributed by atoms with Crippen LogP contribution in [0.4, 0.5) is 0 Å². The molecule has 2 atom stereocenters. The number of carbonyl (C=O) groups is 2. The number of ether oxygens (including phenoxy) is 1. The summed E-state index contributed by atoms with van der Waals surface area (Å²) < 4.78 is 17.2. The molecular weight excluding hydrogens is 292 g/mol. The molecule has 0 amide bonds.